The summed E-state index contributed by atoms with van der Waals surface area (Å²) >= 11 is 0. The van der Waals surface area contributed by atoms with Crippen LogP contribution in [0.25, 0.3) is 0 Å². The molecule has 0 bridgehead atoms. The topological polar surface area (TPSA) is 91.3 Å². The lowest BCUT2D eigenvalue weighted by molar-refractivity contribution is -0.144. The smallest absolute Gasteiger partial charge is 0.329 e. The molecule has 2 rings (SSSR count). The van der Waals surface area contributed by atoms with Gasteiger partial charge in [0.25, 0.3) is 0 Å². The Balaban J connectivity index is 1.97. The number of aliphatic carboxylic acids is 1. The van der Waals surface area contributed by atoms with E-state index in [4.69, 9.17) is 0 Å². The van der Waals surface area contributed by atoms with Gasteiger partial charge in [-0.2, -0.15) is 0 Å². The molecular formula is C14H19N3O3. The van der Waals surface area contributed by atoms with E-state index in [1.165, 1.54) is 0 Å². The highest BCUT2D eigenvalue weighted by Crippen LogP contribution is 2.29. The molecule has 0 spiro atoms. The van der Waals surface area contributed by atoms with Gasteiger partial charge in [-0.25, -0.2) is 9.59 Å². The van der Waals surface area contributed by atoms with Gasteiger partial charge in [-0.3, -0.25) is 4.98 Å². The molecule has 20 heavy (non-hydrogen) atoms. The second-order valence-corrected chi connectivity index (χ2v) is 5.20. The SMILES string of the molecule is CC(NC(=O)NC1(C(=O)O)CCCC1)c1cccnc1. The van der Waals surface area contributed by atoms with Crippen molar-refractivity contribution in [2.24, 2.45) is 0 Å². The van der Waals surface area contributed by atoms with E-state index < -0.39 is 17.5 Å². The molecule has 6 nitrogen and oxygen atoms in total. The number of carboxylic acid groups (broad SMARTS) is 1. The maximum absolute atomic E-state index is 12.0. The zero-order valence-corrected chi connectivity index (χ0v) is 11.4. The minimum atomic E-state index is -1.11. The summed E-state index contributed by atoms with van der Waals surface area (Å²) < 4.78 is 0. The fourth-order valence-electron chi connectivity index (χ4n) is 2.54. The van der Waals surface area contributed by atoms with E-state index in [-0.39, 0.29) is 6.04 Å². The molecule has 1 aromatic rings. The summed E-state index contributed by atoms with van der Waals surface area (Å²) in [5, 5.41) is 14.7. The first-order valence-corrected chi connectivity index (χ1v) is 6.75. The highest BCUT2D eigenvalue weighted by atomic mass is 16.4. The van der Waals surface area contributed by atoms with Crippen LogP contribution in [0.5, 0.6) is 0 Å². The van der Waals surface area contributed by atoms with Crippen molar-refractivity contribution >= 4 is 12.0 Å². The normalized spacial score (nSPS) is 18.2. The molecule has 1 aliphatic rings. The van der Waals surface area contributed by atoms with Crippen LogP contribution in [0.15, 0.2) is 24.5 Å². The predicted molar refractivity (Wildman–Crippen MR) is 73.2 cm³/mol. The quantitative estimate of drug-likeness (QED) is 0.783. The van der Waals surface area contributed by atoms with Crippen LogP contribution in [0.3, 0.4) is 0 Å². The van der Waals surface area contributed by atoms with Gasteiger partial charge in [0.05, 0.1) is 6.04 Å². The number of nitrogens with zero attached hydrogens (tertiary/aromatic N) is 1. The molecule has 1 unspecified atom stereocenters. The van der Waals surface area contributed by atoms with Crippen molar-refractivity contribution in [2.45, 2.75) is 44.2 Å². The van der Waals surface area contributed by atoms with Gasteiger partial charge in [0.1, 0.15) is 5.54 Å². The van der Waals surface area contributed by atoms with Gasteiger partial charge in [-0.1, -0.05) is 18.9 Å². The largest absolute Gasteiger partial charge is 0.480 e. The van der Waals surface area contributed by atoms with Crippen molar-refractivity contribution in [3.63, 3.8) is 0 Å². The Hall–Kier alpha value is -2.11. The average molecular weight is 277 g/mol. The van der Waals surface area contributed by atoms with Crippen molar-refractivity contribution in [2.75, 3.05) is 0 Å². The molecule has 1 atom stereocenters. The number of pyridine rings is 1. The molecule has 1 aromatic heterocycles. The van der Waals surface area contributed by atoms with Gasteiger partial charge < -0.3 is 15.7 Å². The van der Waals surface area contributed by atoms with Gasteiger partial charge in [0.2, 0.25) is 0 Å². The molecule has 1 saturated carbocycles. The standard InChI is InChI=1S/C14H19N3O3/c1-10(11-5-4-8-15-9-11)16-13(20)17-14(12(18)19)6-2-3-7-14/h4-5,8-10H,2-3,6-7H2,1H3,(H,18,19)(H2,16,17,20). The van der Waals surface area contributed by atoms with Crippen LogP contribution >= 0.6 is 0 Å². The Bertz CT molecular complexity index is 484. The second kappa shape index (κ2) is 5.90. The third-order valence-electron chi connectivity index (χ3n) is 3.75. The van der Waals surface area contributed by atoms with Gasteiger partial charge in [-0.15, -0.1) is 0 Å². The first-order chi connectivity index (χ1) is 9.53. The number of carbonyl (C=O) groups excluding carboxylic acids is 1. The molecule has 0 aromatic carbocycles. The van der Waals surface area contributed by atoms with Crippen LogP contribution in [0, 0.1) is 0 Å². The molecule has 0 radical (unpaired) electrons. The third-order valence-corrected chi connectivity index (χ3v) is 3.75. The third kappa shape index (κ3) is 3.07. The van der Waals surface area contributed by atoms with E-state index in [1.54, 1.807) is 18.5 Å². The van der Waals surface area contributed by atoms with Gasteiger partial charge in [-0.05, 0) is 31.4 Å². The molecule has 0 aliphatic heterocycles. The molecular weight excluding hydrogens is 258 g/mol. The molecule has 1 fully saturated rings. The average Bonchev–Trinajstić information content (AvgIpc) is 2.89. The van der Waals surface area contributed by atoms with Gasteiger partial charge in [0.15, 0.2) is 0 Å². The second-order valence-electron chi connectivity index (χ2n) is 5.20. The van der Waals surface area contributed by atoms with E-state index >= 15 is 0 Å². The van der Waals surface area contributed by atoms with Crippen molar-refractivity contribution < 1.29 is 14.7 Å². The van der Waals surface area contributed by atoms with E-state index in [0.717, 1.165) is 18.4 Å². The zero-order chi connectivity index (χ0) is 14.6. The fourth-order valence-corrected chi connectivity index (χ4v) is 2.54. The van der Waals surface area contributed by atoms with E-state index in [0.29, 0.717) is 12.8 Å². The number of hydrogen-bond acceptors (Lipinski definition) is 3. The van der Waals surface area contributed by atoms with Crippen molar-refractivity contribution in [3.8, 4) is 0 Å². The van der Waals surface area contributed by atoms with Crippen LogP contribution in [-0.2, 0) is 4.79 Å². The number of rotatable bonds is 4. The van der Waals surface area contributed by atoms with Crippen LogP contribution < -0.4 is 10.6 Å². The molecule has 1 heterocycles. The summed E-state index contributed by atoms with van der Waals surface area (Å²) in [6.07, 6.45) is 5.95. The Morgan fingerprint density at radius 2 is 2.10 bits per heavy atom. The van der Waals surface area contributed by atoms with Crippen molar-refractivity contribution in [1.29, 1.82) is 0 Å². The summed E-state index contributed by atoms with van der Waals surface area (Å²) in [5.74, 6) is -0.959. The number of hydrogen-bond donors (Lipinski definition) is 3. The predicted octanol–water partition coefficient (Wildman–Crippen LogP) is 1.84. The lowest BCUT2D eigenvalue weighted by Crippen LogP contribution is -2.55. The minimum absolute atomic E-state index is 0.226. The molecule has 1 aliphatic carbocycles. The molecule has 2 amide bonds. The van der Waals surface area contributed by atoms with Gasteiger partial charge >= 0.3 is 12.0 Å². The summed E-state index contributed by atoms with van der Waals surface area (Å²) in [6, 6.07) is 2.98. The van der Waals surface area contributed by atoms with Gasteiger partial charge in [0, 0.05) is 12.4 Å². The summed E-state index contributed by atoms with van der Waals surface area (Å²) in [4.78, 5) is 27.3. The van der Waals surface area contributed by atoms with E-state index in [2.05, 4.69) is 15.6 Å². The first-order valence-electron chi connectivity index (χ1n) is 6.75. The summed E-state index contributed by atoms with van der Waals surface area (Å²) in [7, 11) is 0. The van der Waals surface area contributed by atoms with Crippen LogP contribution in [-0.4, -0.2) is 27.6 Å². The first kappa shape index (κ1) is 14.3. The van der Waals surface area contributed by atoms with Crippen molar-refractivity contribution in [1.82, 2.24) is 15.6 Å². The minimum Gasteiger partial charge on any atom is -0.480 e. The lowest BCUT2D eigenvalue weighted by atomic mass is 9.98. The number of urea groups is 1. The zero-order valence-electron chi connectivity index (χ0n) is 11.4. The van der Waals surface area contributed by atoms with Crippen LogP contribution in [0.4, 0.5) is 4.79 Å². The Kier molecular flexibility index (Phi) is 4.22. The van der Waals surface area contributed by atoms with E-state index in [1.807, 2.05) is 13.0 Å². The maximum Gasteiger partial charge on any atom is 0.329 e. The van der Waals surface area contributed by atoms with Crippen molar-refractivity contribution in [3.05, 3.63) is 30.1 Å². The molecule has 3 N–H and O–H groups in total. The Morgan fingerprint density at radius 3 is 2.65 bits per heavy atom. The number of carboxylic acids is 1. The monoisotopic (exact) mass is 277 g/mol. The van der Waals surface area contributed by atoms with E-state index in [9.17, 15) is 14.7 Å². The number of nitrogens with one attached hydrogen (secondary N) is 2. The lowest BCUT2D eigenvalue weighted by Gasteiger charge is -2.26. The Labute approximate surface area is 117 Å². The highest BCUT2D eigenvalue weighted by molar-refractivity contribution is 5.86. The van der Waals surface area contributed by atoms with Crippen LogP contribution in [0.1, 0.15) is 44.2 Å². The molecule has 0 saturated heterocycles. The highest BCUT2D eigenvalue weighted by Gasteiger charge is 2.42. The fraction of sp³-hybridized carbons (Fsp3) is 0.500. The molecule has 108 valence electrons. The summed E-state index contributed by atoms with van der Waals surface area (Å²) in [6.45, 7) is 1.83. The number of carbonyl (C=O) groups is 2. The summed E-state index contributed by atoms with van der Waals surface area (Å²) in [5.41, 5.74) is -0.239. The van der Waals surface area contributed by atoms with Crippen LogP contribution in [0.2, 0.25) is 0 Å². The molecule has 6 heteroatoms. The number of amides is 2. The number of aromatic nitrogens is 1. The Morgan fingerprint density at radius 1 is 1.40 bits per heavy atom. The maximum atomic E-state index is 12.0.